The fourth-order valence-corrected chi connectivity index (χ4v) is 2.86. The number of carbonyl (C=O) groups is 1. The summed E-state index contributed by atoms with van der Waals surface area (Å²) in [4.78, 5) is 12.9. The van der Waals surface area contributed by atoms with Crippen molar-refractivity contribution in [3.63, 3.8) is 0 Å². The fraction of sp³-hybridized carbons (Fsp3) is 0.222. The van der Waals surface area contributed by atoms with E-state index in [4.69, 9.17) is 16.3 Å². The number of benzene rings is 2. The normalized spacial score (nSPS) is 19.8. The molecule has 0 saturated carbocycles. The molecule has 1 heterocycles. The summed E-state index contributed by atoms with van der Waals surface area (Å²) >= 11 is 5.81. The van der Waals surface area contributed by atoms with Gasteiger partial charge in [-0.1, -0.05) is 29.8 Å². The second kappa shape index (κ2) is 6.86. The van der Waals surface area contributed by atoms with Gasteiger partial charge in [-0.2, -0.15) is 23.3 Å². The molecule has 0 unspecified atom stereocenters. The van der Waals surface area contributed by atoms with Gasteiger partial charge in [0.15, 0.2) is 5.72 Å². The molecule has 0 saturated heterocycles. The first-order chi connectivity index (χ1) is 12.6. The van der Waals surface area contributed by atoms with E-state index in [9.17, 15) is 23.1 Å². The smallest absolute Gasteiger partial charge is 0.431 e. The summed E-state index contributed by atoms with van der Waals surface area (Å²) in [5, 5.41) is 15.2. The summed E-state index contributed by atoms with van der Waals surface area (Å²) < 4.78 is 44.7. The maximum atomic E-state index is 13.2. The molecule has 0 radical (unpaired) electrons. The number of alkyl halides is 3. The highest BCUT2D eigenvalue weighted by Crippen LogP contribution is 2.40. The highest BCUT2D eigenvalue weighted by molar-refractivity contribution is 6.30. The first-order valence-electron chi connectivity index (χ1n) is 7.77. The van der Waals surface area contributed by atoms with Gasteiger partial charge < -0.3 is 9.84 Å². The van der Waals surface area contributed by atoms with Crippen LogP contribution >= 0.6 is 11.6 Å². The molecule has 2 aromatic carbocycles. The van der Waals surface area contributed by atoms with Crippen molar-refractivity contribution in [1.82, 2.24) is 5.01 Å². The van der Waals surface area contributed by atoms with Crippen LogP contribution in [0.3, 0.4) is 0 Å². The van der Waals surface area contributed by atoms with Crippen molar-refractivity contribution in [2.75, 3.05) is 7.11 Å². The summed E-state index contributed by atoms with van der Waals surface area (Å²) in [7, 11) is 1.39. The summed E-state index contributed by atoms with van der Waals surface area (Å²) in [6.45, 7) is 0. The van der Waals surface area contributed by atoms with E-state index in [1.54, 1.807) is 6.07 Å². The maximum Gasteiger partial charge on any atom is 0.431 e. The predicted molar refractivity (Wildman–Crippen MR) is 92.6 cm³/mol. The van der Waals surface area contributed by atoms with Crippen LogP contribution < -0.4 is 4.74 Å². The lowest BCUT2D eigenvalue weighted by Gasteiger charge is -2.31. The van der Waals surface area contributed by atoms with Crippen molar-refractivity contribution in [3.8, 4) is 5.75 Å². The summed E-state index contributed by atoms with van der Waals surface area (Å²) in [6.07, 6.45) is -5.68. The topological polar surface area (TPSA) is 62.1 Å². The molecule has 3 rings (SSSR count). The minimum Gasteiger partial charge on any atom is -0.497 e. The molecule has 1 aliphatic rings. The summed E-state index contributed by atoms with van der Waals surface area (Å²) in [6, 6.07) is 11.4. The quantitative estimate of drug-likeness (QED) is 0.851. The Morgan fingerprint density at radius 2 is 1.93 bits per heavy atom. The minimum atomic E-state index is -4.79. The Hall–Kier alpha value is -2.58. The molecule has 0 spiro atoms. The van der Waals surface area contributed by atoms with Gasteiger partial charge in [0, 0.05) is 16.1 Å². The largest absolute Gasteiger partial charge is 0.497 e. The number of hydrogen-bond donors (Lipinski definition) is 1. The molecule has 0 fully saturated rings. The molecule has 27 heavy (non-hydrogen) atoms. The second-order valence-corrected chi connectivity index (χ2v) is 6.33. The lowest BCUT2D eigenvalue weighted by molar-refractivity contribution is -0.0816. The number of hydrogen-bond acceptors (Lipinski definition) is 4. The Bertz CT molecular complexity index is 899. The highest BCUT2D eigenvalue weighted by atomic mass is 35.5. The zero-order valence-electron chi connectivity index (χ0n) is 14.0. The van der Waals surface area contributed by atoms with Crippen LogP contribution in [0, 0.1) is 0 Å². The van der Waals surface area contributed by atoms with Crippen molar-refractivity contribution in [3.05, 3.63) is 64.7 Å². The van der Waals surface area contributed by atoms with E-state index in [2.05, 4.69) is 5.10 Å². The molecule has 0 bridgehead atoms. The second-order valence-electron chi connectivity index (χ2n) is 5.89. The maximum absolute atomic E-state index is 13.2. The zero-order valence-corrected chi connectivity index (χ0v) is 14.8. The van der Waals surface area contributed by atoms with Gasteiger partial charge in [-0.05, 0) is 30.3 Å². The molecule has 1 amide bonds. The minimum absolute atomic E-state index is 0.0221. The Labute approximate surface area is 157 Å². The number of nitrogens with zero attached hydrogens (tertiary/aromatic N) is 2. The number of aliphatic hydroxyl groups is 1. The SMILES string of the molecule is COc1cccc(C(=O)N2N=C(C(F)(F)F)C[C@]2(O)c2ccc(Cl)cc2)c1. The molecule has 1 N–H and O–H groups in total. The third-order valence-corrected chi connectivity index (χ3v) is 4.38. The van der Waals surface area contributed by atoms with E-state index in [0.29, 0.717) is 15.8 Å². The zero-order chi connectivity index (χ0) is 19.8. The van der Waals surface area contributed by atoms with E-state index in [-0.39, 0.29) is 11.1 Å². The van der Waals surface area contributed by atoms with Gasteiger partial charge in [0.1, 0.15) is 11.5 Å². The van der Waals surface area contributed by atoms with E-state index in [1.807, 2.05) is 0 Å². The number of hydrazone groups is 1. The first kappa shape index (κ1) is 19.2. The third kappa shape index (κ3) is 3.63. The van der Waals surface area contributed by atoms with Crippen molar-refractivity contribution in [1.29, 1.82) is 0 Å². The van der Waals surface area contributed by atoms with Gasteiger partial charge in [-0.25, -0.2) is 0 Å². The molecule has 0 aliphatic carbocycles. The predicted octanol–water partition coefficient (Wildman–Crippen LogP) is 3.96. The monoisotopic (exact) mass is 398 g/mol. The molecule has 5 nitrogen and oxygen atoms in total. The molecule has 9 heteroatoms. The summed E-state index contributed by atoms with van der Waals surface area (Å²) in [5.74, 6) is -0.555. The van der Waals surface area contributed by atoms with E-state index >= 15 is 0 Å². The molecular formula is C18H14ClF3N2O3. The van der Waals surface area contributed by atoms with Gasteiger partial charge in [0.2, 0.25) is 0 Å². The number of ether oxygens (including phenoxy) is 1. The van der Waals surface area contributed by atoms with E-state index < -0.39 is 29.9 Å². The van der Waals surface area contributed by atoms with Gasteiger partial charge in [-0.15, -0.1) is 0 Å². The molecular weight excluding hydrogens is 385 g/mol. The van der Waals surface area contributed by atoms with Gasteiger partial charge >= 0.3 is 6.18 Å². The lowest BCUT2D eigenvalue weighted by atomic mass is 9.96. The van der Waals surface area contributed by atoms with Crippen molar-refractivity contribution < 1.29 is 27.8 Å². The number of halogens is 4. The highest BCUT2D eigenvalue weighted by Gasteiger charge is 2.53. The van der Waals surface area contributed by atoms with E-state index in [0.717, 1.165) is 0 Å². The van der Waals surface area contributed by atoms with Crippen molar-refractivity contribution >= 4 is 23.2 Å². The Kier molecular flexibility index (Phi) is 4.88. The Balaban J connectivity index is 2.07. The van der Waals surface area contributed by atoms with Crippen molar-refractivity contribution in [2.45, 2.75) is 18.3 Å². The average molecular weight is 399 g/mol. The molecule has 2 aromatic rings. The number of amides is 1. The van der Waals surface area contributed by atoms with Crippen LogP contribution in [0.1, 0.15) is 22.3 Å². The average Bonchev–Trinajstić information content (AvgIpc) is 3.00. The molecule has 0 aromatic heterocycles. The van der Waals surface area contributed by atoms with Crippen molar-refractivity contribution in [2.24, 2.45) is 5.10 Å². The number of methoxy groups -OCH3 is 1. The van der Waals surface area contributed by atoms with E-state index in [1.165, 1.54) is 49.6 Å². The molecule has 1 aliphatic heterocycles. The van der Waals surface area contributed by atoms with Crippen LogP contribution in [0.5, 0.6) is 5.75 Å². The van der Waals surface area contributed by atoms with Crippen LogP contribution in [-0.4, -0.2) is 35.0 Å². The van der Waals surface area contributed by atoms with Crippen LogP contribution in [0.4, 0.5) is 13.2 Å². The summed E-state index contributed by atoms with van der Waals surface area (Å²) in [5.41, 5.74) is -3.47. The van der Waals surface area contributed by atoms with Crippen LogP contribution in [0.2, 0.25) is 5.02 Å². The van der Waals surface area contributed by atoms with Crippen LogP contribution in [-0.2, 0) is 5.72 Å². The first-order valence-corrected chi connectivity index (χ1v) is 8.14. The molecule has 142 valence electrons. The van der Waals surface area contributed by atoms with Gasteiger partial charge in [-0.3, -0.25) is 4.79 Å². The molecule has 1 atom stereocenters. The van der Waals surface area contributed by atoms with Gasteiger partial charge in [0.25, 0.3) is 5.91 Å². The standard InChI is InChI=1S/C18H14ClF3N2O3/c1-27-14-4-2-3-11(9-14)16(25)24-17(26,10-15(23-24)18(20,21)22)12-5-7-13(19)8-6-12/h2-9,26H,10H2,1H3/t17-/m0/s1. The fourth-order valence-electron chi connectivity index (χ4n) is 2.74. The lowest BCUT2D eigenvalue weighted by Crippen LogP contribution is -2.43. The Morgan fingerprint density at radius 1 is 1.26 bits per heavy atom. The van der Waals surface area contributed by atoms with Gasteiger partial charge in [0.05, 0.1) is 13.5 Å². The van der Waals surface area contributed by atoms with Crippen LogP contribution in [0.15, 0.2) is 53.6 Å². The third-order valence-electron chi connectivity index (χ3n) is 4.13. The number of rotatable bonds is 3. The van der Waals surface area contributed by atoms with Crippen LogP contribution in [0.25, 0.3) is 0 Å². The Morgan fingerprint density at radius 3 is 2.52 bits per heavy atom. The number of carbonyl (C=O) groups excluding carboxylic acids is 1.